The molecule has 0 aliphatic rings. The number of sulfone groups is 1. The third-order valence-electron chi connectivity index (χ3n) is 2.32. The molecule has 0 saturated carbocycles. The molecule has 0 unspecified atom stereocenters. The van der Waals surface area contributed by atoms with Crippen LogP contribution in [0.25, 0.3) is 0 Å². The van der Waals surface area contributed by atoms with E-state index in [-0.39, 0.29) is 10.7 Å². The van der Waals surface area contributed by atoms with Gasteiger partial charge in [-0.3, -0.25) is 0 Å². The van der Waals surface area contributed by atoms with Crippen LogP contribution in [0.2, 0.25) is 0 Å². The minimum Gasteiger partial charge on any atom is -0.223 e. The van der Waals surface area contributed by atoms with Crippen LogP contribution in [-0.4, -0.2) is 13.7 Å². The van der Waals surface area contributed by atoms with Crippen molar-refractivity contribution in [2.45, 2.75) is 49.5 Å². The van der Waals surface area contributed by atoms with Gasteiger partial charge in [-0.05, 0) is 36.3 Å². The molecule has 1 aromatic rings. The minimum atomic E-state index is -3.13. The standard InChI is InChI=1S/C11H18O2S2/c1-8(2)15(12,13)10-9(6-7-14-10)11(3,4)5/h6-8H,1-5H3. The maximum Gasteiger partial charge on any atom is 0.190 e. The molecule has 1 heterocycles. The molecule has 1 aromatic heterocycles. The van der Waals surface area contributed by atoms with Gasteiger partial charge < -0.3 is 0 Å². The molecule has 2 nitrogen and oxygen atoms in total. The van der Waals surface area contributed by atoms with E-state index in [0.717, 1.165) is 5.56 Å². The average molecular weight is 246 g/mol. The molecular formula is C11H18O2S2. The van der Waals surface area contributed by atoms with E-state index in [4.69, 9.17) is 0 Å². The van der Waals surface area contributed by atoms with E-state index in [1.54, 1.807) is 13.8 Å². The van der Waals surface area contributed by atoms with Gasteiger partial charge in [-0.15, -0.1) is 11.3 Å². The van der Waals surface area contributed by atoms with Gasteiger partial charge in [0.1, 0.15) is 4.21 Å². The van der Waals surface area contributed by atoms with E-state index in [9.17, 15) is 8.42 Å². The molecule has 0 saturated heterocycles. The van der Waals surface area contributed by atoms with Crippen LogP contribution in [0.3, 0.4) is 0 Å². The highest BCUT2D eigenvalue weighted by atomic mass is 32.2. The molecule has 4 heteroatoms. The predicted octanol–water partition coefficient (Wildman–Crippen LogP) is 3.23. The summed E-state index contributed by atoms with van der Waals surface area (Å²) < 4.78 is 24.7. The number of hydrogen-bond donors (Lipinski definition) is 0. The van der Waals surface area contributed by atoms with E-state index in [1.165, 1.54) is 11.3 Å². The Labute approximate surface area is 96.3 Å². The van der Waals surface area contributed by atoms with Crippen molar-refractivity contribution in [3.63, 3.8) is 0 Å². The second kappa shape index (κ2) is 3.91. The average Bonchev–Trinajstić information content (AvgIpc) is 2.49. The Balaban J connectivity index is 3.36. The molecule has 0 spiro atoms. The Hall–Kier alpha value is -0.350. The highest BCUT2D eigenvalue weighted by Gasteiger charge is 2.29. The Bertz CT molecular complexity index is 433. The summed E-state index contributed by atoms with van der Waals surface area (Å²) in [5.74, 6) is 0. The van der Waals surface area contributed by atoms with Crippen LogP contribution in [-0.2, 0) is 15.3 Å². The van der Waals surface area contributed by atoms with Gasteiger partial charge >= 0.3 is 0 Å². The minimum absolute atomic E-state index is 0.114. The van der Waals surface area contributed by atoms with Gasteiger partial charge in [0.05, 0.1) is 5.25 Å². The summed E-state index contributed by atoms with van der Waals surface area (Å²) in [5, 5.41) is 1.51. The molecule has 0 amide bonds. The highest BCUT2D eigenvalue weighted by molar-refractivity contribution is 7.94. The largest absolute Gasteiger partial charge is 0.223 e. The van der Waals surface area contributed by atoms with Gasteiger partial charge in [0, 0.05) is 0 Å². The maximum absolute atomic E-state index is 12.1. The van der Waals surface area contributed by atoms with Gasteiger partial charge in [0.15, 0.2) is 9.84 Å². The Morgan fingerprint density at radius 2 is 1.80 bits per heavy atom. The second-order valence-corrected chi connectivity index (χ2v) is 8.58. The summed E-state index contributed by atoms with van der Waals surface area (Å²) in [4.78, 5) is 0. The quantitative estimate of drug-likeness (QED) is 0.803. The smallest absolute Gasteiger partial charge is 0.190 e. The van der Waals surface area contributed by atoms with Gasteiger partial charge in [-0.2, -0.15) is 0 Å². The summed E-state index contributed by atoms with van der Waals surface area (Å²) in [5.41, 5.74) is 0.818. The van der Waals surface area contributed by atoms with Crippen LogP contribution in [0.15, 0.2) is 15.7 Å². The SMILES string of the molecule is CC(C)S(=O)(=O)c1sccc1C(C)(C)C. The van der Waals surface area contributed by atoms with Crippen molar-refractivity contribution >= 4 is 21.2 Å². The van der Waals surface area contributed by atoms with Gasteiger partial charge in [-0.1, -0.05) is 20.8 Å². The first-order chi connectivity index (χ1) is 6.67. The van der Waals surface area contributed by atoms with Gasteiger partial charge in [0.25, 0.3) is 0 Å². The topological polar surface area (TPSA) is 34.1 Å². The van der Waals surface area contributed by atoms with E-state index in [1.807, 2.05) is 32.2 Å². The molecule has 15 heavy (non-hydrogen) atoms. The van der Waals surface area contributed by atoms with Crippen molar-refractivity contribution in [1.29, 1.82) is 0 Å². The van der Waals surface area contributed by atoms with E-state index in [2.05, 4.69) is 0 Å². The third-order valence-corrected chi connectivity index (χ3v) is 5.99. The molecule has 0 bridgehead atoms. The molecule has 0 atom stereocenters. The van der Waals surface area contributed by atoms with Crippen molar-refractivity contribution in [3.8, 4) is 0 Å². The lowest BCUT2D eigenvalue weighted by molar-refractivity contribution is 0.564. The second-order valence-electron chi connectivity index (χ2n) is 4.97. The zero-order valence-electron chi connectivity index (χ0n) is 9.87. The molecule has 0 radical (unpaired) electrons. The molecule has 0 aromatic carbocycles. The van der Waals surface area contributed by atoms with Crippen molar-refractivity contribution < 1.29 is 8.42 Å². The fourth-order valence-electron chi connectivity index (χ4n) is 1.29. The fourth-order valence-corrected chi connectivity index (χ4v) is 4.50. The van der Waals surface area contributed by atoms with Gasteiger partial charge in [-0.25, -0.2) is 8.42 Å². The van der Waals surface area contributed by atoms with Crippen molar-refractivity contribution in [3.05, 3.63) is 17.0 Å². The Morgan fingerprint density at radius 1 is 1.27 bits per heavy atom. The maximum atomic E-state index is 12.1. The van der Waals surface area contributed by atoms with Crippen molar-refractivity contribution in [2.75, 3.05) is 0 Å². The lowest BCUT2D eigenvalue weighted by atomic mass is 9.89. The molecule has 0 aliphatic carbocycles. The van der Waals surface area contributed by atoms with Crippen LogP contribution < -0.4 is 0 Å². The molecule has 1 rings (SSSR count). The lowest BCUT2D eigenvalue weighted by Crippen LogP contribution is -2.19. The summed E-state index contributed by atoms with van der Waals surface area (Å²) in [6, 6.07) is 1.92. The monoisotopic (exact) mass is 246 g/mol. The summed E-state index contributed by atoms with van der Waals surface area (Å²) in [6.45, 7) is 9.56. The molecular weight excluding hydrogens is 228 g/mol. The zero-order chi connectivity index (χ0) is 11.9. The Morgan fingerprint density at radius 3 is 2.20 bits per heavy atom. The predicted molar refractivity (Wildman–Crippen MR) is 65.3 cm³/mol. The normalized spacial score (nSPS) is 13.5. The first-order valence-electron chi connectivity index (χ1n) is 4.99. The van der Waals surface area contributed by atoms with Crippen LogP contribution in [0.4, 0.5) is 0 Å². The summed E-state index contributed by atoms with van der Waals surface area (Å²) in [7, 11) is -3.13. The van der Waals surface area contributed by atoms with Crippen molar-refractivity contribution in [1.82, 2.24) is 0 Å². The highest BCUT2D eigenvalue weighted by Crippen LogP contribution is 2.34. The molecule has 0 N–H and O–H groups in total. The van der Waals surface area contributed by atoms with Crippen LogP contribution in [0.1, 0.15) is 40.2 Å². The van der Waals surface area contributed by atoms with Crippen LogP contribution in [0.5, 0.6) is 0 Å². The number of thiophene rings is 1. The van der Waals surface area contributed by atoms with E-state index >= 15 is 0 Å². The fraction of sp³-hybridized carbons (Fsp3) is 0.636. The Kier molecular flexibility index (Phi) is 3.31. The van der Waals surface area contributed by atoms with E-state index in [0.29, 0.717) is 4.21 Å². The third kappa shape index (κ3) is 2.42. The summed E-state index contributed by atoms with van der Waals surface area (Å²) in [6.07, 6.45) is 0. The number of rotatable bonds is 2. The van der Waals surface area contributed by atoms with E-state index < -0.39 is 9.84 Å². The van der Waals surface area contributed by atoms with Crippen LogP contribution >= 0.6 is 11.3 Å². The molecule has 86 valence electrons. The first kappa shape index (κ1) is 12.7. The first-order valence-corrected chi connectivity index (χ1v) is 7.42. The van der Waals surface area contributed by atoms with Gasteiger partial charge in [0.2, 0.25) is 0 Å². The number of hydrogen-bond acceptors (Lipinski definition) is 3. The molecule has 0 fully saturated rings. The molecule has 0 aliphatic heterocycles. The van der Waals surface area contributed by atoms with Crippen LogP contribution in [0, 0.1) is 0 Å². The zero-order valence-corrected chi connectivity index (χ0v) is 11.5. The van der Waals surface area contributed by atoms with Crippen molar-refractivity contribution in [2.24, 2.45) is 0 Å². The summed E-state index contributed by atoms with van der Waals surface area (Å²) >= 11 is 1.32. The lowest BCUT2D eigenvalue weighted by Gasteiger charge is -2.20.